The van der Waals surface area contributed by atoms with Gasteiger partial charge in [-0.25, -0.2) is 0 Å². The zero-order valence-corrected chi connectivity index (χ0v) is 11.6. The van der Waals surface area contributed by atoms with Crippen LogP contribution in [0.25, 0.3) is 0 Å². The summed E-state index contributed by atoms with van der Waals surface area (Å²) in [7, 11) is 0. The van der Waals surface area contributed by atoms with E-state index in [-0.39, 0.29) is 0 Å². The molecule has 2 heteroatoms. The van der Waals surface area contributed by atoms with Crippen LogP contribution in [0.2, 0.25) is 0 Å². The van der Waals surface area contributed by atoms with Gasteiger partial charge in [-0.1, -0.05) is 20.8 Å². The van der Waals surface area contributed by atoms with Crippen molar-refractivity contribution in [3.63, 3.8) is 0 Å². The summed E-state index contributed by atoms with van der Waals surface area (Å²) in [5, 5.41) is 4.00. The molecule has 1 saturated heterocycles. The van der Waals surface area contributed by atoms with E-state index < -0.39 is 0 Å². The van der Waals surface area contributed by atoms with Gasteiger partial charge in [0, 0.05) is 25.3 Å². The van der Waals surface area contributed by atoms with Gasteiger partial charge in [0.2, 0.25) is 0 Å². The SMILES string of the molecule is CC12CCC(C1)C(C)(C)C2NC1CCOCC1. The summed E-state index contributed by atoms with van der Waals surface area (Å²) in [5.74, 6) is 0.949. The highest BCUT2D eigenvalue weighted by molar-refractivity contribution is 5.12. The molecule has 3 unspecified atom stereocenters. The van der Waals surface area contributed by atoms with Crippen molar-refractivity contribution in [1.82, 2.24) is 5.32 Å². The molecule has 98 valence electrons. The first-order valence-electron chi connectivity index (χ1n) is 7.36. The molecule has 0 aromatic heterocycles. The van der Waals surface area contributed by atoms with Gasteiger partial charge in [0.05, 0.1) is 0 Å². The standard InChI is InChI=1S/C15H27NO/c1-14(2)11-4-7-15(3,10-11)13(14)16-12-5-8-17-9-6-12/h11-13,16H,4-10H2,1-3H3. The van der Waals surface area contributed by atoms with Crippen molar-refractivity contribution in [2.24, 2.45) is 16.7 Å². The van der Waals surface area contributed by atoms with Gasteiger partial charge in [-0.2, -0.15) is 0 Å². The normalized spacial score (nSPS) is 45.4. The molecule has 3 aliphatic rings. The number of fused-ring (bicyclic) bond motifs is 2. The van der Waals surface area contributed by atoms with Crippen molar-refractivity contribution < 1.29 is 4.74 Å². The van der Waals surface area contributed by atoms with Crippen molar-refractivity contribution in [1.29, 1.82) is 0 Å². The van der Waals surface area contributed by atoms with Gasteiger partial charge in [0.25, 0.3) is 0 Å². The second-order valence-corrected chi connectivity index (χ2v) is 7.40. The summed E-state index contributed by atoms with van der Waals surface area (Å²) in [5.41, 5.74) is 1.05. The second-order valence-electron chi connectivity index (χ2n) is 7.40. The molecule has 1 aliphatic heterocycles. The van der Waals surface area contributed by atoms with Crippen molar-refractivity contribution in [2.75, 3.05) is 13.2 Å². The van der Waals surface area contributed by atoms with Gasteiger partial charge >= 0.3 is 0 Å². The summed E-state index contributed by atoms with van der Waals surface area (Å²) < 4.78 is 5.46. The highest BCUT2D eigenvalue weighted by Gasteiger charge is 2.59. The Morgan fingerprint density at radius 1 is 1.06 bits per heavy atom. The van der Waals surface area contributed by atoms with Crippen LogP contribution >= 0.6 is 0 Å². The molecule has 1 heterocycles. The summed E-state index contributed by atoms with van der Waals surface area (Å²) in [6.07, 6.45) is 6.74. The van der Waals surface area contributed by atoms with Crippen LogP contribution in [0, 0.1) is 16.7 Å². The maximum absolute atomic E-state index is 5.46. The average molecular weight is 237 g/mol. The Kier molecular flexibility index (Phi) is 2.79. The molecular formula is C15H27NO. The van der Waals surface area contributed by atoms with E-state index in [2.05, 4.69) is 26.1 Å². The minimum Gasteiger partial charge on any atom is -0.381 e. The van der Waals surface area contributed by atoms with Crippen LogP contribution in [0.1, 0.15) is 52.9 Å². The molecule has 2 bridgehead atoms. The molecular weight excluding hydrogens is 210 g/mol. The number of nitrogens with one attached hydrogen (secondary N) is 1. The number of hydrogen-bond acceptors (Lipinski definition) is 2. The fourth-order valence-corrected chi connectivity index (χ4v) is 4.82. The molecule has 2 saturated carbocycles. The van der Waals surface area contributed by atoms with Gasteiger partial charge in [-0.15, -0.1) is 0 Å². The summed E-state index contributed by atoms with van der Waals surface area (Å²) in [6, 6.07) is 1.42. The van der Waals surface area contributed by atoms with E-state index in [4.69, 9.17) is 4.74 Å². The van der Waals surface area contributed by atoms with E-state index in [0.29, 0.717) is 16.9 Å². The molecule has 3 rings (SSSR count). The summed E-state index contributed by atoms with van der Waals surface area (Å²) >= 11 is 0. The summed E-state index contributed by atoms with van der Waals surface area (Å²) in [6.45, 7) is 9.38. The predicted molar refractivity (Wildman–Crippen MR) is 70.0 cm³/mol. The van der Waals surface area contributed by atoms with E-state index in [0.717, 1.165) is 25.2 Å². The fraction of sp³-hybridized carbons (Fsp3) is 1.00. The van der Waals surface area contributed by atoms with Gasteiger partial charge in [-0.05, 0) is 48.9 Å². The minimum absolute atomic E-state index is 0.491. The molecule has 3 fully saturated rings. The number of hydrogen-bond donors (Lipinski definition) is 1. The van der Waals surface area contributed by atoms with Crippen LogP contribution in [0.15, 0.2) is 0 Å². The van der Waals surface area contributed by atoms with Crippen molar-refractivity contribution in [3.8, 4) is 0 Å². The molecule has 1 N–H and O–H groups in total. The van der Waals surface area contributed by atoms with E-state index >= 15 is 0 Å². The predicted octanol–water partition coefficient (Wildman–Crippen LogP) is 2.97. The Balaban J connectivity index is 1.73. The van der Waals surface area contributed by atoms with E-state index in [1.54, 1.807) is 0 Å². The monoisotopic (exact) mass is 237 g/mol. The molecule has 0 spiro atoms. The molecule has 0 aromatic rings. The molecule has 2 nitrogen and oxygen atoms in total. The zero-order chi connectivity index (χ0) is 12.1. The second kappa shape index (κ2) is 3.96. The molecule has 0 amide bonds. The van der Waals surface area contributed by atoms with Crippen LogP contribution in [0.5, 0.6) is 0 Å². The van der Waals surface area contributed by atoms with E-state index in [1.807, 2.05) is 0 Å². The van der Waals surface area contributed by atoms with Gasteiger partial charge in [0.15, 0.2) is 0 Å². The topological polar surface area (TPSA) is 21.3 Å². The molecule has 0 radical (unpaired) electrons. The van der Waals surface area contributed by atoms with Gasteiger partial charge < -0.3 is 10.1 Å². The molecule has 0 aromatic carbocycles. The Morgan fingerprint density at radius 3 is 2.35 bits per heavy atom. The Hall–Kier alpha value is -0.0800. The lowest BCUT2D eigenvalue weighted by molar-refractivity contribution is 0.0462. The largest absolute Gasteiger partial charge is 0.381 e. The lowest BCUT2D eigenvalue weighted by Gasteiger charge is -2.45. The van der Waals surface area contributed by atoms with Crippen molar-refractivity contribution >= 4 is 0 Å². The lowest BCUT2D eigenvalue weighted by atomic mass is 9.68. The highest BCUT2D eigenvalue weighted by Crippen LogP contribution is 2.62. The van der Waals surface area contributed by atoms with E-state index in [9.17, 15) is 0 Å². The Morgan fingerprint density at radius 2 is 1.76 bits per heavy atom. The molecule has 3 atom stereocenters. The van der Waals surface area contributed by atoms with Crippen molar-refractivity contribution in [3.05, 3.63) is 0 Å². The molecule has 17 heavy (non-hydrogen) atoms. The van der Waals surface area contributed by atoms with Crippen LogP contribution < -0.4 is 5.32 Å². The zero-order valence-electron chi connectivity index (χ0n) is 11.6. The maximum Gasteiger partial charge on any atom is 0.0480 e. The first-order valence-corrected chi connectivity index (χ1v) is 7.36. The highest BCUT2D eigenvalue weighted by atomic mass is 16.5. The van der Waals surface area contributed by atoms with Gasteiger partial charge in [0.1, 0.15) is 0 Å². The third-order valence-electron chi connectivity index (χ3n) is 5.89. The first kappa shape index (κ1) is 12.0. The first-order chi connectivity index (χ1) is 8.02. The Labute approximate surface area is 105 Å². The van der Waals surface area contributed by atoms with Crippen LogP contribution in [0.4, 0.5) is 0 Å². The fourth-order valence-electron chi connectivity index (χ4n) is 4.82. The quantitative estimate of drug-likeness (QED) is 0.797. The number of ether oxygens (including phenoxy) is 1. The lowest BCUT2D eigenvalue weighted by Crippen LogP contribution is -2.54. The maximum atomic E-state index is 5.46. The van der Waals surface area contributed by atoms with Crippen LogP contribution in [-0.4, -0.2) is 25.3 Å². The van der Waals surface area contributed by atoms with Crippen molar-refractivity contribution in [2.45, 2.75) is 65.0 Å². The third kappa shape index (κ3) is 1.84. The summed E-state index contributed by atoms with van der Waals surface area (Å²) in [4.78, 5) is 0. The number of rotatable bonds is 2. The van der Waals surface area contributed by atoms with Gasteiger partial charge in [-0.3, -0.25) is 0 Å². The minimum atomic E-state index is 0.491. The average Bonchev–Trinajstić information content (AvgIpc) is 2.77. The Bertz CT molecular complexity index is 291. The molecule has 2 aliphatic carbocycles. The van der Waals surface area contributed by atoms with E-state index in [1.165, 1.54) is 32.1 Å². The van der Waals surface area contributed by atoms with Crippen LogP contribution in [0.3, 0.4) is 0 Å². The van der Waals surface area contributed by atoms with Crippen LogP contribution in [-0.2, 0) is 4.74 Å². The third-order valence-corrected chi connectivity index (χ3v) is 5.89. The smallest absolute Gasteiger partial charge is 0.0480 e.